The third-order valence-corrected chi connectivity index (χ3v) is 7.31. The summed E-state index contributed by atoms with van der Waals surface area (Å²) in [5.41, 5.74) is -1.11. The van der Waals surface area contributed by atoms with Crippen LogP contribution in [-0.4, -0.2) is 26.0 Å². The van der Waals surface area contributed by atoms with E-state index in [9.17, 15) is 18.3 Å². The maximum atomic E-state index is 12.8. The van der Waals surface area contributed by atoms with E-state index in [1.54, 1.807) is 37.3 Å². The number of allylic oxidation sites excluding steroid dienone is 2. The second kappa shape index (κ2) is 6.15. The van der Waals surface area contributed by atoms with Gasteiger partial charge >= 0.3 is 5.97 Å². The number of sulfonamides is 1. The van der Waals surface area contributed by atoms with Crippen molar-refractivity contribution in [2.45, 2.75) is 24.7 Å². The van der Waals surface area contributed by atoms with Crippen molar-refractivity contribution in [1.29, 1.82) is 0 Å². The lowest BCUT2D eigenvalue weighted by Crippen LogP contribution is -2.41. The Labute approximate surface area is 149 Å². The number of aliphatic carboxylic acids is 1. The number of nitrogens with one attached hydrogen (secondary N) is 1. The van der Waals surface area contributed by atoms with Crippen LogP contribution >= 0.6 is 22.9 Å². The van der Waals surface area contributed by atoms with E-state index in [1.165, 1.54) is 11.3 Å². The van der Waals surface area contributed by atoms with Gasteiger partial charge < -0.3 is 5.11 Å². The highest BCUT2D eigenvalue weighted by Gasteiger charge is 2.40. The van der Waals surface area contributed by atoms with Crippen molar-refractivity contribution >= 4 is 49.0 Å². The molecular formula is C16H16ClNO4S2. The maximum absolute atomic E-state index is 12.8. The molecule has 128 valence electrons. The Hall–Kier alpha value is -1.41. The number of benzene rings is 1. The summed E-state index contributed by atoms with van der Waals surface area (Å²) in [7, 11) is -3.84. The minimum absolute atomic E-state index is 0.144. The summed E-state index contributed by atoms with van der Waals surface area (Å²) in [6.07, 6.45) is 4.18. The number of hydrogen-bond donors (Lipinski definition) is 2. The van der Waals surface area contributed by atoms with Crippen molar-refractivity contribution in [2.75, 3.05) is 6.54 Å². The number of rotatable bonds is 5. The van der Waals surface area contributed by atoms with Crippen LogP contribution in [0.5, 0.6) is 0 Å². The number of thiophene rings is 1. The van der Waals surface area contributed by atoms with E-state index in [0.717, 1.165) is 4.70 Å². The molecule has 3 rings (SSSR count). The van der Waals surface area contributed by atoms with Crippen LogP contribution in [-0.2, 0) is 14.8 Å². The van der Waals surface area contributed by atoms with Gasteiger partial charge in [-0.3, -0.25) is 4.79 Å². The highest BCUT2D eigenvalue weighted by atomic mass is 35.5. The van der Waals surface area contributed by atoms with E-state index in [-0.39, 0.29) is 11.4 Å². The number of carbonyl (C=O) groups is 1. The standard InChI is InChI=1S/C16H16ClNO4S2/c1-10-14(12-8-11(17)4-5-13(12)23-10)24(21,22)18-9-16(15(19)20)6-2-3-7-16/h2-5,8,18H,6-7,9H2,1H3,(H,19,20). The summed E-state index contributed by atoms with van der Waals surface area (Å²) < 4.78 is 28.9. The van der Waals surface area contributed by atoms with Gasteiger partial charge in [0.05, 0.1) is 5.41 Å². The SMILES string of the molecule is Cc1sc2ccc(Cl)cc2c1S(=O)(=O)NCC1(C(=O)O)CC=CC1. The lowest BCUT2D eigenvalue weighted by Gasteiger charge is -2.24. The van der Waals surface area contributed by atoms with E-state index in [4.69, 9.17) is 11.6 Å². The zero-order valence-electron chi connectivity index (χ0n) is 12.9. The summed E-state index contributed by atoms with van der Waals surface area (Å²) in [5.74, 6) is -0.995. The molecule has 8 heteroatoms. The van der Waals surface area contributed by atoms with Gasteiger partial charge in [-0.15, -0.1) is 11.3 Å². The Bertz CT molecular complexity index is 938. The third-order valence-electron chi connectivity index (χ3n) is 4.28. The molecule has 0 spiro atoms. The normalized spacial score (nSPS) is 16.8. The average Bonchev–Trinajstić information content (AvgIpc) is 3.09. The average molecular weight is 386 g/mol. The topological polar surface area (TPSA) is 83.5 Å². The summed E-state index contributed by atoms with van der Waals surface area (Å²) in [4.78, 5) is 12.4. The molecule has 0 unspecified atom stereocenters. The van der Waals surface area contributed by atoms with Gasteiger partial charge in [-0.2, -0.15) is 0 Å². The first-order valence-electron chi connectivity index (χ1n) is 7.32. The molecular weight excluding hydrogens is 370 g/mol. The first kappa shape index (κ1) is 17.4. The van der Waals surface area contributed by atoms with Gasteiger partial charge in [-0.05, 0) is 38.0 Å². The van der Waals surface area contributed by atoms with Crippen molar-refractivity contribution < 1.29 is 18.3 Å². The van der Waals surface area contributed by atoms with Crippen molar-refractivity contribution in [3.05, 3.63) is 40.3 Å². The van der Waals surface area contributed by atoms with E-state index in [1.807, 2.05) is 0 Å². The van der Waals surface area contributed by atoms with Crippen molar-refractivity contribution in [3.8, 4) is 0 Å². The molecule has 0 bridgehead atoms. The molecule has 5 nitrogen and oxygen atoms in total. The molecule has 2 aromatic rings. The minimum atomic E-state index is -3.84. The molecule has 0 saturated carbocycles. The van der Waals surface area contributed by atoms with Crippen LogP contribution in [0.2, 0.25) is 5.02 Å². The lowest BCUT2D eigenvalue weighted by atomic mass is 9.86. The van der Waals surface area contributed by atoms with Crippen LogP contribution in [0.3, 0.4) is 0 Å². The fourth-order valence-corrected chi connectivity index (χ4v) is 5.98. The number of aryl methyl sites for hydroxylation is 1. The Morgan fingerprint density at radius 2 is 2.04 bits per heavy atom. The monoisotopic (exact) mass is 385 g/mol. The molecule has 1 heterocycles. The van der Waals surface area contributed by atoms with Gasteiger partial charge in [-0.25, -0.2) is 13.1 Å². The molecule has 0 amide bonds. The van der Waals surface area contributed by atoms with Crippen LogP contribution in [0.15, 0.2) is 35.2 Å². The van der Waals surface area contributed by atoms with Crippen molar-refractivity contribution in [3.63, 3.8) is 0 Å². The predicted octanol–water partition coefficient (Wildman–Crippen LogP) is 3.56. The minimum Gasteiger partial charge on any atom is -0.481 e. The zero-order valence-corrected chi connectivity index (χ0v) is 15.3. The Morgan fingerprint density at radius 3 is 2.67 bits per heavy atom. The molecule has 0 atom stereocenters. The van der Waals surface area contributed by atoms with E-state index < -0.39 is 21.4 Å². The van der Waals surface area contributed by atoms with Gasteiger partial charge in [0.2, 0.25) is 10.0 Å². The number of carboxylic acid groups (broad SMARTS) is 1. The number of carboxylic acids is 1. The molecule has 24 heavy (non-hydrogen) atoms. The smallest absolute Gasteiger partial charge is 0.311 e. The molecule has 1 aliphatic rings. The first-order chi connectivity index (χ1) is 11.3. The summed E-state index contributed by atoms with van der Waals surface area (Å²) >= 11 is 7.37. The molecule has 0 fully saturated rings. The quantitative estimate of drug-likeness (QED) is 0.771. The van der Waals surface area contributed by atoms with Crippen molar-refractivity contribution in [1.82, 2.24) is 4.72 Å². The van der Waals surface area contributed by atoms with Gasteiger partial charge in [0.1, 0.15) is 4.90 Å². The van der Waals surface area contributed by atoms with Crippen LogP contribution in [0, 0.1) is 12.3 Å². The highest BCUT2D eigenvalue weighted by Crippen LogP contribution is 2.37. The van der Waals surface area contributed by atoms with E-state index >= 15 is 0 Å². The highest BCUT2D eigenvalue weighted by molar-refractivity contribution is 7.90. The second-order valence-electron chi connectivity index (χ2n) is 5.92. The fraction of sp³-hybridized carbons (Fsp3) is 0.312. The summed E-state index contributed by atoms with van der Waals surface area (Å²) in [6.45, 7) is 1.59. The molecule has 0 radical (unpaired) electrons. The largest absolute Gasteiger partial charge is 0.481 e. The molecule has 0 aliphatic heterocycles. The molecule has 0 saturated heterocycles. The molecule has 1 aromatic heterocycles. The third kappa shape index (κ3) is 2.97. The Morgan fingerprint density at radius 1 is 1.38 bits per heavy atom. The Kier molecular flexibility index (Phi) is 4.46. The van der Waals surface area contributed by atoms with Crippen LogP contribution < -0.4 is 4.72 Å². The number of halogens is 1. The van der Waals surface area contributed by atoms with Gasteiger partial charge in [0, 0.05) is 26.5 Å². The summed E-state index contributed by atoms with van der Waals surface area (Å²) in [6, 6.07) is 5.13. The zero-order chi connectivity index (χ0) is 17.5. The number of fused-ring (bicyclic) bond motifs is 1. The van der Waals surface area contributed by atoms with Crippen LogP contribution in [0.4, 0.5) is 0 Å². The Balaban J connectivity index is 1.95. The molecule has 1 aromatic carbocycles. The molecule has 1 aliphatic carbocycles. The number of hydrogen-bond acceptors (Lipinski definition) is 4. The van der Waals surface area contributed by atoms with Gasteiger partial charge in [-0.1, -0.05) is 23.8 Å². The van der Waals surface area contributed by atoms with Crippen LogP contribution in [0.25, 0.3) is 10.1 Å². The van der Waals surface area contributed by atoms with Gasteiger partial charge in [0.15, 0.2) is 0 Å². The fourth-order valence-electron chi connectivity index (χ4n) is 2.90. The first-order valence-corrected chi connectivity index (χ1v) is 10.00. The van der Waals surface area contributed by atoms with E-state index in [2.05, 4.69) is 4.72 Å². The van der Waals surface area contributed by atoms with Crippen LogP contribution in [0.1, 0.15) is 17.7 Å². The van der Waals surface area contributed by atoms with E-state index in [0.29, 0.717) is 28.1 Å². The van der Waals surface area contributed by atoms with Gasteiger partial charge in [0.25, 0.3) is 0 Å². The summed E-state index contributed by atoms with van der Waals surface area (Å²) in [5, 5.41) is 10.5. The lowest BCUT2D eigenvalue weighted by molar-refractivity contribution is -0.147. The maximum Gasteiger partial charge on any atom is 0.311 e. The second-order valence-corrected chi connectivity index (χ2v) is 9.31. The predicted molar refractivity (Wildman–Crippen MR) is 95.2 cm³/mol. The van der Waals surface area contributed by atoms with Crippen molar-refractivity contribution in [2.24, 2.45) is 5.41 Å². The molecule has 2 N–H and O–H groups in total.